The van der Waals surface area contributed by atoms with Crippen LogP contribution >= 0.6 is 0 Å². The predicted molar refractivity (Wildman–Crippen MR) is 60.5 cm³/mol. The summed E-state index contributed by atoms with van der Waals surface area (Å²) in [5, 5.41) is 0. The van der Waals surface area contributed by atoms with Crippen molar-refractivity contribution in [3.63, 3.8) is 0 Å². The summed E-state index contributed by atoms with van der Waals surface area (Å²) in [5.41, 5.74) is 5.76. The first-order chi connectivity index (χ1) is 7.03. The number of rotatable bonds is 5. The van der Waals surface area contributed by atoms with Gasteiger partial charge < -0.3 is 10.5 Å². The lowest BCUT2D eigenvalue weighted by Gasteiger charge is -2.26. The molecule has 0 spiro atoms. The van der Waals surface area contributed by atoms with Crippen LogP contribution in [0, 0.1) is 0 Å². The fourth-order valence-electron chi connectivity index (χ4n) is 1.74. The van der Waals surface area contributed by atoms with Crippen LogP contribution in [0.15, 0.2) is 0 Å². The van der Waals surface area contributed by atoms with Crippen molar-refractivity contribution in [3.8, 4) is 0 Å². The molecule has 2 N–H and O–H groups in total. The lowest BCUT2D eigenvalue weighted by atomic mass is 9.94. The first kappa shape index (κ1) is 12.9. The lowest BCUT2D eigenvalue weighted by molar-refractivity contribution is 0.0344. The van der Waals surface area contributed by atoms with Gasteiger partial charge in [-0.2, -0.15) is 0 Å². The summed E-state index contributed by atoms with van der Waals surface area (Å²) >= 11 is 0. The van der Waals surface area contributed by atoms with Gasteiger partial charge in [0, 0.05) is 11.8 Å². The Balaban J connectivity index is 2.16. The molecule has 1 saturated carbocycles. The van der Waals surface area contributed by atoms with Crippen LogP contribution in [0.25, 0.3) is 0 Å². The third-order valence-corrected chi connectivity index (χ3v) is 4.57. The molecule has 0 aromatic rings. The Morgan fingerprint density at radius 2 is 1.87 bits per heavy atom. The Hall–Kier alpha value is -0.130. The van der Waals surface area contributed by atoms with Crippen molar-refractivity contribution in [2.75, 3.05) is 18.1 Å². The summed E-state index contributed by atoms with van der Waals surface area (Å²) in [6.45, 7) is 1.99. The minimum Gasteiger partial charge on any atom is -0.377 e. The highest BCUT2D eigenvalue weighted by atomic mass is 32.2. The monoisotopic (exact) mass is 235 g/mol. The van der Waals surface area contributed by atoms with Crippen LogP contribution in [-0.4, -0.2) is 38.7 Å². The topological polar surface area (TPSA) is 69.4 Å². The van der Waals surface area contributed by atoms with E-state index in [0.29, 0.717) is 12.6 Å². The Morgan fingerprint density at radius 1 is 1.27 bits per heavy atom. The number of sulfone groups is 1. The van der Waals surface area contributed by atoms with Gasteiger partial charge in [0.2, 0.25) is 0 Å². The molecule has 0 saturated heterocycles. The zero-order valence-corrected chi connectivity index (χ0v) is 10.1. The van der Waals surface area contributed by atoms with Crippen LogP contribution in [0.1, 0.15) is 32.6 Å². The minimum absolute atomic E-state index is 0.145. The summed E-state index contributed by atoms with van der Waals surface area (Å²) in [4.78, 5) is 0. The third-order valence-electron chi connectivity index (χ3n) is 2.91. The van der Waals surface area contributed by atoms with E-state index in [9.17, 15) is 8.42 Å². The average Bonchev–Trinajstić information content (AvgIpc) is 2.21. The fraction of sp³-hybridized carbons (Fsp3) is 1.00. The maximum absolute atomic E-state index is 11.2. The standard InChI is InChI=1S/C10H21NO3S/c1-2-15(12,13)8-7-14-10-5-3-9(11)4-6-10/h9-10H,2-8,11H2,1H3. The molecule has 0 aliphatic heterocycles. The number of ether oxygens (including phenoxy) is 1. The molecular formula is C10H21NO3S. The molecule has 0 unspecified atom stereocenters. The molecule has 4 nitrogen and oxygen atoms in total. The molecule has 1 aliphatic carbocycles. The molecule has 0 aromatic carbocycles. The van der Waals surface area contributed by atoms with Crippen LogP contribution in [0.4, 0.5) is 0 Å². The van der Waals surface area contributed by atoms with Gasteiger partial charge in [0.1, 0.15) is 0 Å². The summed E-state index contributed by atoms with van der Waals surface area (Å²) in [7, 11) is -2.88. The predicted octanol–water partition coefficient (Wildman–Crippen LogP) is 0.708. The van der Waals surface area contributed by atoms with E-state index in [4.69, 9.17) is 10.5 Å². The van der Waals surface area contributed by atoms with E-state index >= 15 is 0 Å². The van der Waals surface area contributed by atoms with Gasteiger partial charge in [0.25, 0.3) is 0 Å². The normalized spacial score (nSPS) is 27.9. The van der Waals surface area contributed by atoms with Gasteiger partial charge in [-0.15, -0.1) is 0 Å². The van der Waals surface area contributed by atoms with Crippen molar-refractivity contribution < 1.29 is 13.2 Å². The molecule has 5 heteroatoms. The van der Waals surface area contributed by atoms with Crippen LogP contribution in [0.2, 0.25) is 0 Å². The summed E-state index contributed by atoms with van der Waals surface area (Å²) in [5.74, 6) is 0.345. The molecule has 1 aliphatic rings. The highest BCUT2D eigenvalue weighted by Gasteiger charge is 2.19. The SMILES string of the molecule is CCS(=O)(=O)CCOC1CCC(N)CC1. The zero-order valence-electron chi connectivity index (χ0n) is 9.31. The van der Waals surface area contributed by atoms with E-state index < -0.39 is 9.84 Å². The number of nitrogens with two attached hydrogens (primary N) is 1. The van der Waals surface area contributed by atoms with E-state index in [1.165, 1.54) is 0 Å². The summed E-state index contributed by atoms with van der Waals surface area (Å²) in [6, 6.07) is 0.309. The average molecular weight is 235 g/mol. The van der Waals surface area contributed by atoms with Crippen molar-refractivity contribution in [2.24, 2.45) is 5.73 Å². The molecular weight excluding hydrogens is 214 g/mol. The molecule has 1 fully saturated rings. The lowest BCUT2D eigenvalue weighted by Crippen LogP contribution is -2.31. The number of hydrogen-bond donors (Lipinski definition) is 1. The molecule has 1 rings (SSSR count). The van der Waals surface area contributed by atoms with Crippen molar-refractivity contribution in [2.45, 2.75) is 44.8 Å². The quantitative estimate of drug-likeness (QED) is 0.762. The largest absolute Gasteiger partial charge is 0.377 e. The highest BCUT2D eigenvalue weighted by Crippen LogP contribution is 2.19. The van der Waals surface area contributed by atoms with Crippen LogP contribution < -0.4 is 5.73 Å². The first-order valence-corrected chi connectivity index (χ1v) is 7.43. The van der Waals surface area contributed by atoms with Gasteiger partial charge in [-0.25, -0.2) is 8.42 Å². The van der Waals surface area contributed by atoms with E-state index in [-0.39, 0.29) is 17.6 Å². The van der Waals surface area contributed by atoms with E-state index in [2.05, 4.69) is 0 Å². The molecule has 0 amide bonds. The fourth-order valence-corrected chi connectivity index (χ4v) is 2.38. The van der Waals surface area contributed by atoms with Gasteiger partial charge in [0.15, 0.2) is 9.84 Å². The second-order valence-corrected chi connectivity index (χ2v) is 6.62. The van der Waals surface area contributed by atoms with Gasteiger partial charge in [-0.05, 0) is 25.7 Å². The third kappa shape index (κ3) is 4.95. The van der Waals surface area contributed by atoms with Crippen molar-refractivity contribution in [3.05, 3.63) is 0 Å². The minimum atomic E-state index is -2.88. The number of hydrogen-bond acceptors (Lipinski definition) is 4. The van der Waals surface area contributed by atoms with E-state index in [1.807, 2.05) is 0 Å². The van der Waals surface area contributed by atoms with Crippen LogP contribution in [0.5, 0.6) is 0 Å². The van der Waals surface area contributed by atoms with E-state index in [1.54, 1.807) is 6.92 Å². The van der Waals surface area contributed by atoms with Crippen molar-refractivity contribution in [1.29, 1.82) is 0 Å². The molecule has 0 bridgehead atoms. The Kier molecular flexibility index (Phi) is 5.02. The molecule has 90 valence electrons. The molecule has 0 aromatic heterocycles. The van der Waals surface area contributed by atoms with Gasteiger partial charge in [-0.1, -0.05) is 6.92 Å². The van der Waals surface area contributed by atoms with Gasteiger partial charge in [-0.3, -0.25) is 0 Å². The Bertz CT molecular complexity index is 268. The first-order valence-electron chi connectivity index (χ1n) is 5.61. The van der Waals surface area contributed by atoms with E-state index in [0.717, 1.165) is 25.7 Å². The zero-order chi connectivity index (χ0) is 11.3. The van der Waals surface area contributed by atoms with Gasteiger partial charge in [0.05, 0.1) is 18.5 Å². The molecule has 0 radical (unpaired) electrons. The second kappa shape index (κ2) is 5.82. The highest BCUT2D eigenvalue weighted by molar-refractivity contribution is 7.91. The van der Waals surface area contributed by atoms with Crippen molar-refractivity contribution in [1.82, 2.24) is 0 Å². The maximum Gasteiger partial charge on any atom is 0.152 e. The van der Waals surface area contributed by atoms with Gasteiger partial charge >= 0.3 is 0 Å². The summed E-state index contributed by atoms with van der Waals surface area (Å²) in [6.07, 6.45) is 4.13. The Morgan fingerprint density at radius 3 is 2.40 bits per heavy atom. The second-order valence-electron chi connectivity index (χ2n) is 4.14. The molecule has 0 atom stereocenters. The maximum atomic E-state index is 11.2. The molecule has 15 heavy (non-hydrogen) atoms. The molecule has 0 heterocycles. The smallest absolute Gasteiger partial charge is 0.152 e. The van der Waals surface area contributed by atoms with Crippen molar-refractivity contribution >= 4 is 9.84 Å². The van der Waals surface area contributed by atoms with Crippen LogP contribution in [-0.2, 0) is 14.6 Å². The summed E-state index contributed by atoms with van der Waals surface area (Å²) < 4.78 is 27.9. The Labute approximate surface area is 92.1 Å². The van der Waals surface area contributed by atoms with Crippen LogP contribution in [0.3, 0.4) is 0 Å².